The van der Waals surface area contributed by atoms with Crippen LogP contribution in [0.3, 0.4) is 0 Å². The zero-order valence-corrected chi connectivity index (χ0v) is 13.5. The van der Waals surface area contributed by atoms with Gasteiger partial charge in [0, 0.05) is 25.3 Å². The van der Waals surface area contributed by atoms with Crippen LogP contribution >= 0.6 is 0 Å². The van der Waals surface area contributed by atoms with Gasteiger partial charge in [-0.1, -0.05) is 24.3 Å². The van der Waals surface area contributed by atoms with Crippen molar-refractivity contribution >= 4 is 22.5 Å². The number of carbonyl (C=O) groups excluding carboxylic acids is 1. The Labute approximate surface area is 140 Å². The Morgan fingerprint density at radius 3 is 2.58 bits per heavy atom. The van der Waals surface area contributed by atoms with Crippen molar-refractivity contribution in [3.05, 3.63) is 66.0 Å². The molecule has 1 heterocycles. The molecule has 5 nitrogen and oxygen atoms in total. The first-order chi connectivity index (χ1) is 11.6. The van der Waals surface area contributed by atoms with Crippen LogP contribution in [0.25, 0.3) is 11.0 Å². The fraction of sp³-hybridized carbons (Fsp3) is 0.158. The van der Waals surface area contributed by atoms with Gasteiger partial charge in [-0.2, -0.15) is 5.26 Å². The van der Waals surface area contributed by atoms with Crippen molar-refractivity contribution in [1.82, 2.24) is 9.97 Å². The Morgan fingerprint density at radius 2 is 1.88 bits per heavy atom. The van der Waals surface area contributed by atoms with Crippen molar-refractivity contribution in [1.29, 1.82) is 5.26 Å². The van der Waals surface area contributed by atoms with Crippen LogP contribution in [0.2, 0.25) is 0 Å². The second-order valence-corrected chi connectivity index (χ2v) is 5.65. The van der Waals surface area contributed by atoms with Crippen molar-refractivity contribution in [3.8, 4) is 6.07 Å². The van der Waals surface area contributed by atoms with E-state index >= 15 is 0 Å². The highest BCUT2D eigenvalue weighted by atomic mass is 16.1. The van der Waals surface area contributed by atoms with Gasteiger partial charge in [0.15, 0.2) is 11.7 Å². The van der Waals surface area contributed by atoms with E-state index in [9.17, 15) is 10.1 Å². The predicted molar refractivity (Wildman–Crippen MR) is 93.0 cm³/mol. The van der Waals surface area contributed by atoms with E-state index in [2.05, 4.69) is 16.0 Å². The molecular weight excluding hydrogens is 300 g/mol. The van der Waals surface area contributed by atoms with Gasteiger partial charge in [0.25, 0.3) is 0 Å². The maximum Gasteiger partial charge on any atom is 0.186 e. The van der Waals surface area contributed by atoms with E-state index in [-0.39, 0.29) is 5.78 Å². The van der Waals surface area contributed by atoms with Crippen molar-refractivity contribution in [2.75, 3.05) is 19.0 Å². The standard InChI is InChI=1S/C19H16N4O/c1-23(2)14-7-5-6-13(10-14)19(24)15(11-20)18-12-21-16-8-3-4-9-17(16)22-18/h3-10,12,15H,1-2H3/t15-/m1/s1. The molecule has 0 aliphatic heterocycles. The topological polar surface area (TPSA) is 69.9 Å². The Balaban J connectivity index is 1.99. The van der Waals surface area contributed by atoms with Crippen molar-refractivity contribution in [3.63, 3.8) is 0 Å². The summed E-state index contributed by atoms with van der Waals surface area (Å²) in [4.78, 5) is 23.4. The van der Waals surface area contributed by atoms with Gasteiger partial charge in [-0.3, -0.25) is 9.78 Å². The molecule has 0 spiro atoms. The lowest BCUT2D eigenvalue weighted by atomic mass is 9.95. The van der Waals surface area contributed by atoms with E-state index in [1.54, 1.807) is 12.1 Å². The smallest absolute Gasteiger partial charge is 0.186 e. The second kappa shape index (κ2) is 6.47. The van der Waals surface area contributed by atoms with E-state index in [1.165, 1.54) is 6.20 Å². The summed E-state index contributed by atoms with van der Waals surface area (Å²) >= 11 is 0. The molecule has 0 amide bonds. The van der Waals surface area contributed by atoms with Gasteiger partial charge in [-0.25, -0.2) is 4.98 Å². The first-order valence-corrected chi connectivity index (χ1v) is 7.53. The molecule has 0 saturated carbocycles. The number of Topliss-reactive ketones (excluding diaryl/α,β-unsaturated/α-hetero) is 1. The highest BCUT2D eigenvalue weighted by molar-refractivity contribution is 6.03. The maximum atomic E-state index is 12.8. The zero-order chi connectivity index (χ0) is 17.1. The lowest BCUT2D eigenvalue weighted by Gasteiger charge is -2.14. The third-order valence-electron chi connectivity index (χ3n) is 3.80. The normalized spacial score (nSPS) is 11.7. The van der Waals surface area contributed by atoms with E-state index in [1.807, 2.05) is 55.4 Å². The number of rotatable bonds is 4. The van der Waals surface area contributed by atoms with Crippen LogP contribution in [-0.4, -0.2) is 29.8 Å². The number of benzene rings is 2. The summed E-state index contributed by atoms with van der Waals surface area (Å²) in [6.07, 6.45) is 1.50. The first-order valence-electron chi connectivity index (χ1n) is 7.53. The number of anilines is 1. The van der Waals surface area contributed by atoms with E-state index in [0.717, 1.165) is 11.2 Å². The van der Waals surface area contributed by atoms with Crippen LogP contribution in [-0.2, 0) is 0 Å². The molecule has 0 bridgehead atoms. The summed E-state index contributed by atoms with van der Waals surface area (Å²) in [5, 5.41) is 9.51. The van der Waals surface area contributed by atoms with Gasteiger partial charge in [-0.15, -0.1) is 0 Å². The number of para-hydroxylation sites is 2. The molecule has 1 aromatic heterocycles. The van der Waals surface area contributed by atoms with E-state index in [0.29, 0.717) is 16.8 Å². The maximum absolute atomic E-state index is 12.8. The molecule has 0 unspecified atom stereocenters. The molecule has 0 aliphatic rings. The number of carbonyl (C=O) groups is 1. The van der Waals surface area contributed by atoms with Gasteiger partial charge in [0.1, 0.15) is 0 Å². The second-order valence-electron chi connectivity index (χ2n) is 5.65. The molecule has 3 aromatic rings. The average Bonchev–Trinajstić information content (AvgIpc) is 2.62. The van der Waals surface area contributed by atoms with E-state index < -0.39 is 5.92 Å². The van der Waals surface area contributed by atoms with E-state index in [4.69, 9.17) is 0 Å². The third-order valence-corrected chi connectivity index (χ3v) is 3.80. The van der Waals surface area contributed by atoms with Crippen LogP contribution in [0, 0.1) is 11.3 Å². The summed E-state index contributed by atoms with van der Waals surface area (Å²) < 4.78 is 0. The highest BCUT2D eigenvalue weighted by Gasteiger charge is 2.24. The van der Waals surface area contributed by atoms with Gasteiger partial charge >= 0.3 is 0 Å². The molecule has 0 aliphatic carbocycles. The SMILES string of the molecule is CN(C)c1cccc(C(=O)[C@H](C#N)c2cnc3ccccc3n2)c1. The van der Waals surface area contributed by atoms with Gasteiger partial charge in [0.05, 0.1) is 29.0 Å². The fourth-order valence-corrected chi connectivity index (χ4v) is 2.47. The Kier molecular flexibility index (Phi) is 4.21. The summed E-state index contributed by atoms with van der Waals surface area (Å²) in [6, 6.07) is 16.7. The molecule has 2 aromatic carbocycles. The molecule has 0 N–H and O–H groups in total. The minimum atomic E-state index is -0.973. The number of hydrogen-bond donors (Lipinski definition) is 0. The Morgan fingerprint density at radius 1 is 1.12 bits per heavy atom. The summed E-state index contributed by atoms with van der Waals surface area (Å²) in [5.41, 5.74) is 3.17. The molecule has 0 radical (unpaired) electrons. The Hall–Kier alpha value is -3.26. The van der Waals surface area contributed by atoms with Crippen molar-refractivity contribution in [2.24, 2.45) is 0 Å². The number of fused-ring (bicyclic) bond motifs is 1. The lowest BCUT2D eigenvalue weighted by molar-refractivity contribution is 0.0977. The number of hydrogen-bond acceptors (Lipinski definition) is 5. The van der Waals surface area contributed by atoms with Crippen LogP contribution in [0.4, 0.5) is 5.69 Å². The molecule has 0 fully saturated rings. The molecule has 1 atom stereocenters. The van der Waals surface area contributed by atoms with Gasteiger partial charge < -0.3 is 4.90 Å². The number of ketones is 1. The van der Waals surface area contributed by atoms with Gasteiger partial charge in [-0.05, 0) is 24.3 Å². The van der Waals surface area contributed by atoms with Crippen LogP contribution in [0.5, 0.6) is 0 Å². The number of nitriles is 1. The quantitative estimate of drug-likeness (QED) is 0.691. The molecule has 3 rings (SSSR count). The number of aromatic nitrogens is 2. The Bertz CT molecular complexity index is 943. The average molecular weight is 316 g/mol. The monoisotopic (exact) mass is 316 g/mol. The summed E-state index contributed by atoms with van der Waals surface area (Å²) in [7, 11) is 3.81. The van der Waals surface area contributed by atoms with Crippen molar-refractivity contribution < 1.29 is 4.79 Å². The van der Waals surface area contributed by atoms with Gasteiger partial charge in [0.2, 0.25) is 0 Å². The largest absolute Gasteiger partial charge is 0.378 e. The fourth-order valence-electron chi connectivity index (χ4n) is 2.47. The molecule has 118 valence electrons. The minimum absolute atomic E-state index is 0.272. The predicted octanol–water partition coefficient (Wildman–Crippen LogP) is 3.19. The molecular formula is C19H16N4O. The van der Waals surface area contributed by atoms with Crippen LogP contribution in [0.15, 0.2) is 54.7 Å². The highest BCUT2D eigenvalue weighted by Crippen LogP contribution is 2.22. The lowest BCUT2D eigenvalue weighted by Crippen LogP contribution is -2.15. The first kappa shape index (κ1) is 15.6. The summed E-state index contributed by atoms with van der Waals surface area (Å²) in [6.45, 7) is 0. The molecule has 5 heteroatoms. The number of nitrogens with zero attached hydrogens (tertiary/aromatic N) is 4. The minimum Gasteiger partial charge on any atom is -0.378 e. The third kappa shape index (κ3) is 2.95. The van der Waals surface area contributed by atoms with Crippen molar-refractivity contribution in [2.45, 2.75) is 5.92 Å². The van der Waals surface area contributed by atoms with Crippen LogP contribution < -0.4 is 4.90 Å². The van der Waals surface area contributed by atoms with Crippen LogP contribution in [0.1, 0.15) is 22.0 Å². The molecule has 24 heavy (non-hydrogen) atoms. The molecule has 0 saturated heterocycles. The zero-order valence-electron chi connectivity index (χ0n) is 13.5. The summed E-state index contributed by atoms with van der Waals surface area (Å²) in [5.74, 6) is -1.25.